The molecule has 0 bridgehead atoms. The van der Waals surface area contributed by atoms with Crippen LogP contribution in [0.3, 0.4) is 0 Å². The molecular weight excluding hydrogens is 329 g/mol. The first-order chi connectivity index (χ1) is 10.3. The molecule has 9 heteroatoms. The Morgan fingerprint density at radius 3 is 2.82 bits per heavy atom. The molecule has 2 aromatic rings. The summed E-state index contributed by atoms with van der Waals surface area (Å²) in [5.41, 5.74) is 0.226. The van der Waals surface area contributed by atoms with Gasteiger partial charge in [0.05, 0.1) is 16.5 Å². The summed E-state index contributed by atoms with van der Waals surface area (Å²) in [6.45, 7) is 5.71. The van der Waals surface area contributed by atoms with Crippen molar-refractivity contribution in [2.75, 3.05) is 5.75 Å². The molecule has 0 aliphatic heterocycles. The largest absolute Gasteiger partial charge is 0.351 e. The fraction of sp³-hybridized carbons (Fsp3) is 0.385. The molecule has 0 saturated heterocycles. The van der Waals surface area contributed by atoms with E-state index in [-0.39, 0.29) is 22.2 Å². The van der Waals surface area contributed by atoms with Gasteiger partial charge in [-0.3, -0.25) is 4.79 Å². The molecule has 118 valence electrons. The number of benzene rings is 1. The highest BCUT2D eigenvalue weighted by Gasteiger charge is 2.16. The van der Waals surface area contributed by atoms with Gasteiger partial charge in [0, 0.05) is 5.54 Å². The number of amides is 1. The zero-order chi connectivity index (χ0) is 16.3. The monoisotopic (exact) mass is 343 g/mol. The Kier molecular flexibility index (Phi) is 5.02. The summed E-state index contributed by atoms with van der Waals surface area (Å²) in [7, 11) is 0. The molecule has 0 fully saturated rings. The first-order valence-electron chi connectivity index (χ1n) is 6.44. The third-order valence-electron chi connectivity index (χ3n) is 2.44. The van der Waals surface area contributed by atoms with E-state index < -0.39 is 5.82 Å². The lowest BCUT2D eigenvalue weighted by Gasteiger charge is -2.20. The zero-order valence-electron chi connectivity index (χ0n) is 12.3. The lowest BCUT2D eigenvalue weighted by atomic mass is 10.1. The molecule has 0 aliphatic rings. The molecule has 0 spiro atoms. The number of rotatable bonds is 4. The van der Waals surface area contributed by atoms with E-state index in [1.807, 2.05) is 20.8 Å². The van der Waals surface area contributed by atoms with Crippen molar-refractivity contribution in [1.82, 2.24) is 25.5 Å². The Bertz CT molecular complexity index is 685. The minimum Gasteiger partial charge on any atom is -0.351 e. The maximum absolute atomic E-state index is 13.2. The van der Waals surface area contributed by atoms with Crippen LogP contribution in [0.15, 0.2) is 23.4 Å². The van der Waals surface area contributed by atoms with E-state index in [2.05, 4.69) is 20.8 Å². The van der Waals surface area contributed by atoms with Crippen LogP contribution >= 0.6 is 23.4 Å². The smallest absolute Gasteiger partial charge is 0.230 e. The molecule has 1 aromatic heterocycles. The highest BCUT2D eigenvalue weighted by atomic mass is 35.5. The minimum absolute atomic E-state index is 0.0191. The summed E-state index contributed by atoms with van der Waals surface area (Å²) in [5, 5.41) is 14.5. The lowest BCUT2D eigenvalue weighted by molar-refractivity contribution is -0.119. The summed E-state index contributed by atoms with van der Waals surface area (Å²) in [6, 6.07) is 4.17. The van der Waals surface area contributed by atoms with Crippen molar-refractivity contribution in [3.05, 3.63) is 29.0 Å². The molecule has 0 radical (unpaired) electrons. The summed E-state index contributed by atoms with van der Waals surface area (Å²) < 4.78 is 14.6. The Balaban J connectivity index is 2.10. The van der Waals surface area contributed by atoms with Gasteiger partial charge in [-0.2, -0.15) is 4.68 Å². The van der Waals surface area contributed by atoms with Gasteiger partial charge in [-0.1, -0.05) is 23.4 Å². The Hall–Kier alpha value is -1.67. The summed E-state index contributed by atoms with van der Waals surface area (Å²) in [6.07, 6.45) is 0. The second-order valence-corrected chi connectivity index (χ2v) is 6.91. The molecular formula is C13H15ClFN5OS. The standard InChI is InChI=1S/C13H15ClFN5OS/c1-13(2,3)16-11(21)7-22-12-17-18-19-20(12)8-4-5-10(15)9(14)6-8/h4-6H,7H2,1-3H3,(H,16,21). The lowest BCUT2D eigenvalue weighted by Crippen LogP contribution is -2.41. The van der Waals surface area contributed by atoms with Crippen molar-refractivity contribution in [3.8, 4) is 5.69 Å². The van der Waals surface area contributed by atoms with Gasteiger partial charge < -0.3 is 5.32 Å². The third-order valence-corrected chi connectivity index (χ3v) is 3.64. The predicted molar refractivity (Wildman–Crippen MR) is 82.7 cm³/mol. The summed E-state index contributed by atoms with van der Waals surface area (Å²) >= 11 is 6.94. The first-order valence-corrected chi connectivity index (χ1v) is 7.80. The SMILES string of the molecule is CC(C)(C)NC(=O)CSc1nnnn1-c1ccc(F)c(Cl)c1. The van der Waals surface area contributed by atoms with E-state index in [1.165, 1.54) is 34.6 Å². The summed E-state index contributed by atoms with van der Waals surface area (Å²) in [5.74, 6) is -0.464. The van der Waals surface area contributed by atoms with Crippen molar-refractivity contribution < 1.29 is 9.18 Å². The van der Waals surface area contributed by atoms with Gasteiger partial charge in [-0.25, -0.2) is 4.39 Å². The van der Waals surface area contributed by atoms with Crippen LogP contribution in [-0.2, 0) is 4.79 Å². The van der Waals surface area contributed by atoms with Gasteiger partial charge in [0.1, 0.15) is 5.82 Å². The number of aromatic nitrogens is 4. The topological polar surface area (TPSA) is 72.7 Å². The normalized spacial score (nSPS) is 11.5. The summed E-state index contributed by atoms with van der Waals surface area (Å²) in [4.78, 5) is 11.8. The minimum atomic E-state index is -0.516. The van der Waals surface area contributed by atoms with Crippen molar-refractivity contribution in [3.63, 3.8) is 0 Å². The Morgan fingerprint density at radius 2 is 2.18 bits per heavy atom. The number of nitrogens with one attached hydrogen (secondary N) is 1. The van der Waals surface area contributed by atoms with Crippen molar-refractivity contribution >= 4 is 29.3 Å². The van der Waals surface area contributed by atoms with Crippen molar-refractivity contribution in [2.24, 2.45) is 0 Å². The molecule has 2 rings (SSSR count). The number of nitrogens with zero attached hydrogens (tertiary/aromatic N) is 4. The average Bonchev–Trinajstić information content (AvgIpc) is 2.86. The molecule has 1 N–H and O–H groups in total. The molecule has 0 aliphatic carbocycles. The number of carbonyl (C=O) groups excluding carboxylic acids is 1. The molecule has 1 aromatic carbocycles. The Labute approximate surface area is 136 Å². The molecule has 1 heterocycles. The number of tetrazole rings is 1. The molecule has 0 atom stereocenters. The van der Waals surface area contributed by atoms with Crippen LogP contribution in [-0.4, -0.2) is 37.4 Å². The van der Waals surface area contributed by atoms with Crippen LogP contribution in [0.4, 0.5) is 4.39 Å². The van der Waals surface area contributed by atoms with Gasteiger partial charge >= 0.3 is 0 Å². The van der Waals surface area contributed by atoms with Crippen LogP contribution in [0.25, 0.3) is 5.69 Å². The van der Waals surface area contributed by atoms with Gasteiger partial charge in [0.15, 0.2) is 0 Å². The van der Waals surface area contributed by atoms with Gasteiger partial charge in [0.2, 0.25) is 11.1 Å². The van der Waals surface area contributed by atoms with Crippen LogP contribution in [0.1, 0.15) is 20.8 Å². The third kappa shape index (κ3) is 4.41. The van der Waals surface area contributed by atoms with Crippen LogP contribution in [0, 0.1) is 5.82 Å². The van der Waals surface area contributed by atoms with E-state index in [4.69, 9.17) is 11.6 Å². The molecule has 22 heavy (non-hydrogen) atoms. The zero-order valence-corrected chi connectivity index (χ0v) is 13.9. The average molecular weight is 344 g/mol. The molecule has 6 nitrogen and oxygen atoms in total. The van der Waals surface area contributed by atoms with E-state index in [1.54, 1.807) is 0 Å². The molecule has 0 saturated carbocycles. The maximum atomic E-state index is 13.2. The number of halogens is 2. The number of thioether (sulfide) groups is 1. The quantitative estimate of drug-likeness (QED) is 0.863. The maximum Gasteiger partial charge on any atom is 0.230 e. The number of hydrogen-bond acceptors (Lipinski definition) is 5. The molecule has 1 amide bonds. The second-order valence-electron chi connectivity index (χ2n) is 5.56. The molecule has 0 unspecified atom stereocenters. The van der Waals surface area contributed by atoms with Crippen LogP contribution in [0.5, 0.6) is 0 Å². The van der Waals surface area contributed by atoms with Crippen molar-refractivity contribution in [1.29, 1.82) is 0 Å². The van der Waals surface area contributed by atoms with Crippen LogP contribution in [0.2, 0.25) is 5.02 Å². The Morgan fingerprint density at radius 1 is 1.45 bits per heavy atom. The number of hydrogen-bond donors (Lipinski definition) is 1. The number of carbonyl (C=O) groups is 1. The second kappa shape index (κ2) is 6.62. The van der Waals surface area contributed by atoms with Gasteiger partial charge in [-0.15, -0.1) is 5.10 Å². The predicted octanol–water partition coefficient (Wildman–Crippen LogP) is 2.46. The fourth-order valence-electron chi connectivity index (χ4n) is 1.63. The highest BCUT2D eigenvalue weighted by Crippen LogP contribution is 2.22. The van der Waals surface area contributed by atoms with E-state index >= 15 is 0 Å². The van der Waals surface area contributed by atoms with E-state index in [0.717, 1.165) is 0 Å². The highest BCUT2D eigenvalue weighted by molar-refractivity contribution is 7.99. The van der Waals surface area contributed by atoms with Gasteiger partial charge in [0.25, 0.3) is 0 Å². The first kappa shape index (κ1) is 16.7. The fourth-order valence-corrected chi connectivity index (χ4v) is 2.50. The van der Waals surface area contributed by atoms with Gasteiger partial charge in [-0.05, 0) is 49.4 Å². The van der Waals surface area contributed by atoms with Crippen LogP contribution < -0.4 is 5.32 Å². The van der Waals surface area contributed by atoms with E-state index in [0.29, 0.717) is 10.8 Å². The van der Waals surface area contributed by atoms with E-state index in [9.17, 15) is 9.18 Å². The van der Waals surface area contributed by atoms with Crippen molar-refractivity contribution in [2.45, 2.75) is 31.5 Å².